The van der Waals surface area contributed by atoms with E-state index in [0.29, 0.717) is 12.6 Å². The number of carbonyl (C=O) groups is 1. The number of benzene rings is 1. The predicted octanol–water partition coefficient (Wildman–Crippen LogP) is 2.54. The lowest BCUT2D eigenvalue weighted by atomic mass is 9.97. The highest BCUT2D eigenvalue weighted by atomic mass is 16.6. The van der Waals surface area contributed by atoms with Gasteiger partial charge in [-0.3, -0.25) is 0 Å². The molecule has 1 aliphatic heterocycles. The molecule has 0 radical (unpaired) electrons. The first-order valence-corrected chi connectivity index (χ1v) is 7.39. The number of nitrogens with zero attached hydrogens (tertiary/aromatic N) is 1. The van der Waals surface area contributed by atoms with Crippen molar-refractivity contribution in [3.05, 3.63) is 35.9 Å². The molecule has 1 heterocycles. The van der Waals surface area contributed by atoms with Gasteiger partial charge in [0, 0.05) is 18.1 Å². The number of ether oxygens (including phenoxy) is 1. The molecule has 1 spiro atoms. The van der Waals surface area contributed by atoms with E-state index in [2.05, 4.69) is 5.32 Å². The van der Waals surface area contributed by atoms with Crippen LogP contribution in [-0.4, -0.2) is 36.2 Å². The maximum atomic E-state index is 12.4. The van der Waals surface area contributed by atoms with Gasteiger partial charge in [0.25, 0.3) is 0 Å². The van der Waals surface area contributed by atoms with Crippen molar-refractivity contribution in [1.82, 2.24) is 10.2 Å². The minimum atomic E-state index is -0.161. The van der Waals surface area contributed by atoms with Crippen LogP contribution in [-0.2, 0) is 11.3 Å². The van der Waals surface area contributed by atoms with Crippen molar-refractivity contribution in [2.75, 3.05) is 13.6 Å². The Bertz CT molecular complexity index is 471. The van der Waals surface area contributed by atoms with Crippen molar-refractivity contribution < 1.29 is 9.53 Å². The molecule has 20 heavy (non-hydrogen) atoms. The van der Waals surface area contributed by atoms with Crippen LogP contribution in [0, 0.1) is 0 Å². The second kappa shape index (κ2) is 5.44. The zero-order valence-electron chi connectivity index (χ0n) is 12.0. The molecule has 1 aliphatic carbocycles. The van der Waals surface area contributed by atoms with Crippen molar-refractivity contribution in [2.45, 2.75) is 43.9 Å². The van der Waals surface area contributed by atoms with Gasteiger partial charge >= 0.3 is 6.09 Å². The number of likely N-dealkylation sites (N-methyl/N-ethyl adjacent to an activating group) is 1. The van der Waals surface area contributed by atoms with E-state index in [-0.39, 0.29) is 11.6 Å². The van der Waals surface area contributed by atoms with Gasteiger partial charge in [0.2, 0.25) is 0 Å². The molecule has 0 bridgehead atoms. The summed E-state index contributed by atoms with van der Waals surface area (Å²) in [6.45, 7) is 1.13. The van der Waals surface area contributed by atoms with E-state index in [1.165, 1.54) is 0 Å². The number of amides is 1. The third-order valence-electron chi connectivity index (χ3n) is 4.59. The molecule has 1 amide bonds. The summed E-state index contributed by atoms with van der Waals surface area (Å²) >= 11 is 0. The Morgan fingerprint density at radius 1 is 1.35 bits per heavy atom. The SMILES string of the molecule is CNC1CCC2(CC2)N(C(=O)OCc2ccccc2)C1. The molecule has 1 aromatic carbocycles. The highest BCUT2D eigenvalue weighted by Gasteiger charge is 2.53. The molecular formula is C16H22N2O2. The van der Waals surface area contributed by atoms with Crippen LogP contribution in [0.15, 0.2) is 30.3 Å². The van der Waals surface area contributed by atoms with Gasteiger partial charge in [-0.2, -0.15) is 0 Å². The van der Waals surface area contributed by atoms with E-state index < -0.39 is 0 Å². The van der Waals surface area contributed by atoms with Gasteiger partial charge in [0.05, 0.1) is 0 Å². The van der Waals surface area contributed by atoms with Crippen LogP contribution in [0.2, 0.25) is 0 Å². The molecule has 3 rings (SSSR count). The number of carbonyl (C=O) groups excluding carboxylic acids is 1. The molecule has 2 fully saturated rings. The molecule has 4 heteroatoms. The minimum absolute atomic E-state index is 0.112. The summed E-state index contributed by atoms with van der Waals surface area (Å²) in [7, 11) is 1.96. The zero-order chi connectivity index (χ0) is 14.0. The number of hydrogen-bond acceptors (Lipinski definition) is 3. The van der Waals surface area contributed by atoms with Gasteiger partial charge in [0.15, 0.2) is 0 Å². The smallest absolute Gasteiger partial charge is 0.410 e. The molecule has 0 aromatic heterocycles. The number of nitrogens with one attached hydrogen (secondary N) is 1. The Labute approximate surface area is 120 Å². The normalized spacial score (nSPS) is 23.6. The van der Waals surface area contributed by atoms with Crippen LogP contribution in [0.25, 0.3) is 0 Å². The Morgan fingerprint density at radius 3 is 2.75 bits per heavy atom. The summed E-state index contributed by atoms with van der Waals surface area (Å²) in [5.74, 6) is 0. The number of likely N-dealkylation sites (tertiary alicyclic amines) is 1. The first-order valence-electron chi connectivity index (χ1n) is 7.39. The number of rotatable bonds is 3. The fourth-order valence-corrected chi connectivity index (χ4v) is 3.05. The first-order chi connectivity index (χ1) is 9.73. The van der Waals surface area contributed by atoms with E-state index in [9.17, 15) is 4.79 Å². The summed E-state index contributed by atoms with van der Waals surface area (Å²) in [5, 5.41) is 3.28. The molecule has 1 aromatic rings. The Balaban J connectivity index is 1.60. The average molecular weight is 274 g/mol. The molecule has 1 atom stereocenters. The van der Waals surface area contributed by atoms with Gasteiger partial charge in [0.1, 0.15) is 6.61 Å². The lowest BCUT2D eigenvalue weighted by Gasteiger charge is -2.39. The summed E-state index contributed by atoms with van der Waals surface area (Å²) in [6, 6.07) is 10.2. The maximum absolute atomic E-state index is 12.4. The van der Waals surface area contributed by atoms with E-state index in [0.717, 1.165) is 37.8 Å². The molecule has 4 nitrogen and oxygen atoms in total. The van der Waals surface area contributed by atoms with Crippen LogP contribution in [0.1, 0.15) is 31.2 Å². The molecular weight excluding hydrogens is 252 g/mol. The van der Waals surface area contributed by atoms with Crippen LogP contribution < -0.4 is 5.32 Å². The van der Waals surface area contributed by atoms with Crippen molar-refractivity contribution in [2.24, 2.45) is 0 Å². The Hall–Kier alpha value is -1.55. The van der Waals surface area contributed by atoms with Crippen molar-refractivity contribution >= 4 is 6.09 Å². The van der Waals surface area contributed by atoms with E-state index >= 15 is 0 Å². The third-order valence-corrected chi connectivity index (χ3v) is 4.59. The molecule has 1 unspecified atom stereocenters. The second-order valence-electron chi connectivity index (χ2n) is 5.90. The lowest BCUT2D eigenvalue weighted by molar-refractivity contribution is 0.0534. The largest absolute Gasteiger partial charge is 0.445 e. The zero-order valence-corrected chi connectivity index (χ0v) is 12.0. The summed E-state index contributed by atoms with van der Waals surface area (Å²) in [5.41, 5.74) is 1.15. The fourth-order valence-electron chi connectivity index (χ4n) is 3.05. The summed E-state index contributed by atoms with van der Waals surface area (Å²) in [6.07, 6.45) is 4.34. The van der Waals surface area contributed by atoms with Crippen molar-refractivity contribution in [1.29, 1.82) is 0 Å². The third kappa shape index (κ3) is 2.66. The minimum Gasteiger partial charge on any atom is -0.445 e. The lowest BCUT2D eigenvalue weighted by Crippen LogP contribution is -2.53. The fraction of sp³-hybridized carbons (Fsp3) is 0.562. The van der Waals surface area contributed by atoms with E-state index in [1.807, 2.05) is 42.3 Å². The van der Waals surface area contributed by atoms with Crippen molar-refractivity contribution in [3.63, 3.8) is 0 Å². The summed E-state index contributed by atoms with van der Waals surface area (Å²) in [4.78, 5) is 14.3. The number of hydrogen-bond donors (Lipinski definition) is 1. The monoisotopic (exact) mass is 274 g/mol. The molecule has 1 N–H and O–H groups in total. The number of piperidine rings is 1. The molecule has 108 valence electrons. The van der Waals surface area contributed by atoms with E-state index in [1.54, 1.807) is 0 Å². The quantitative estimate of drug-likeness (QED) is 0.921. The van der Waals surface area contributed by atoms with Gasteiger partial charge in [-0.1, -0.05) is 30.3 Å². The van der Waals surface area contributed by atoms with Gasteiger partial charge in [-0.05, 0) is 38.3 Å². The van der Waals surface area contributed by atoms with Crippen molar-refractivity contribution in [3.8, 4) is 0 Å². The predicted molar refractivity (Wildman–Crippen MR) is 77.4 cm³/mol. The standard InChI is InChI=1S/C16H22N2O2/c1-17-14-7-8-16(9-10-16)18(11-14)15(19)20-12-13-5-3-2-4-6-13/h2-6,14,17H,7-12H2,1H3. The molecule has 1 saturated carbocycles. The second-order valence-corrected chi connectivity index (χ2v) is 5.90. The molecule has 1 saturated heterocycles. The van der Waals surface area contributed by atoms with Gasteiger partial charge in [-0.15, -0.1) is 0 Å². The molecule has 2 aliphatic rings. The Morgan fingerprint density at radius 2 is 2.10 bits per heavy atom. The highest BCUT2D eigenvalue weighted by Crippen LogP contribution is 2.48. The first kappa shape index (κ1) is 13.4. The van der Waals surface area contributed by atoms with Crippen LogP contribution in [0.5, 0.6) is 0 Å². The Kier molecular flexibility index (Phi) is 3.66. The van der Waals surface area contributed by atoms with Gasteiger partial charge < -0.3 is 15.0 Å². The average Bonchev–Trinajstić information content (AvgIpc) is 3.26. The van der Waals surface area contributed by atoms with Crippen LogP contribution >= 0.6 is 0 Å². The highest BCUT2D eigenvalue weighted by molar-refractivity contribution is 5.69. The maximum Gasteiger partial charge on any atom is 0.410 e. The van der Waals surface area contributed by atoms with Crippen LogP contribution in [0.3, 0.4) is 0 Å². The van der Waals surface area contributed by atoms with E-state index in [4.69, 9.17) is 4.74 Å². The summed E-state index contributed by atoms with van der Waals surface area (Å²) < 4.78 is 5.50. The van der Waals surface area contributed by atoms with Crippen LogP contribution in [0.4, 0.5) is 4.79 Å². The van der Waals surface area contributed by atoms with Gasteiger partial charge in [-0.25, -0.2) is 4.79 Å². The topological polar surface area (TPSA) is 41.6 Å².